The lowest BCUT2D eigenvalue weighted by molar-refractivity contribution is 0.0691. The number of aromatic amines is 1. The highest BCUT2D eigenvalue weighted by Crippen LogP contribution is 2.30. The number of piperidine rings is 1. The summed E-state index contributed by atoms with van der Waals surface area (Å²) < 4.78 is 0. The van der Waals surface area contributed by atoms with Crippen LogP contribution in [0.3, 0.4) is 0 Å². The highest BCUT2D eigenvalue weighted by molar-refractivity contribution is 6.02. The molecule has 0 aliphatic carbocycles. The molecule has 0 bridgehead atoms. The monoisotopic (exact) mass is 359 g/mol. The molecule has 27 heavy (non-hydrogen) atoms. The Morgan fingerprint density at radius 1 is 0.963 bits per heavy atom. The Balaban J connectivity index is 1.43. The van der Waals surface area contributed by atoms with Crippen LogP contribution < -0.4 is 5.73 Å². The van der Waals surface area contributed by atoms with Crippen LogP contribution in [0.15, 0.2) is 67.0 Å². The third kappa shape index (κ3) is 3.75. The van der Waals surface area contributed by atoms with Gasteiger partial charge in [-0.05, 0) is 36.8 Å². The second-order valence-corrected chi connectivity index (χ2v) is 7.30. The van der Waals surface area contributed by atoms with E-state index >= 15 is 0 Å². The van der Waals surface area contributed by atoms with Crippen LogP contribution in [0.1, 0.15) is 28.8 Å². The SMILES string of the molecule is Nc1ccccc1-c1c[nH]cc1C(=O)N1CCC(Cc2ccccc2)CC1. The van der Waals surface area contributed by atoms with E-state index in [1.807, 2.05) is 35.4 Å². The number of aromatic nitrogens is 1. The molecule has 1 saturated heterocycles. The summed E-state index contributed by atoms with van der Waals surface area (Å²) >= 11 is 0. The molecule has 3 aromatic rings. The van der Waals surface area contributed by atoms with Crippen molar-refractivity contribution in [2.45, 2.75) is 19.3 Å². The molecule has 4 nitrogen and oxygen atoms in total. The van der Waals surface area contributed by atoms with E-state index in [2.05, 4.69) is 35.3 Å². The third-order valence-corrected chi connectivity index (χ3v) is 5.50. The van der Waals surface area contributed by atoms with Crippen molar-refractivity contribution in [1.82, 2.24) is 9.88 Å². The van der Waals surface area contributed by atoms with Crippen LogP contribution in [-0.4, -0.2) is 28.9 Å². The molecular formula is C23H25N3O. The van der Waals surface area contributed by atoms with Gasteiger partial charge in [-0.3, -0.25) is 4.79 Å². The van der Waals surface area contributed by atoms with Crippen LogP contribution in [0.25, 0.3) is 11.1 Å². The van der Waals surface area contributed by atoms with Gasteiger partial charge in [-0.25, -0.2) is 0 Å². The number of nitrogens with zero attached hydrogens (tertiary/aromatic N) is 1. The number of nitrogens with one attached hydrogen (secondary N) is 1. The van der Waals surface area contributed by atoms with Crippen molar-refractivity contribution >= 4 is 11.6 Å². The molecular weight excluding hydrogens is 334 g/mol. The molecule has 4 rings (SSSR count). The minimum atomic E-state index is 0.0904. The lowest BCUT2D eigenvalue weighted by Gasteiger charge is -2.32. The standard InChI is InChI=1S/C23H25N3O/c24-22-9-5-4-8-19(22)20-15-25-16-21(20)23(27)26-12-10-18(11-13-26)14-17-6-2-1-3-7-17/h1-9,15-16,18,25H,10-14,24H2. The number of anilines is 1. The van der Waals surface area contributed by atoms with Gasteiger partial charge in [0.25, 0.3) is 5.91 Å². The highest BCUT2D eigenvalue weighted by atomic mass is 16.2. The summed E-state index contributed by atoms with van der Waals surface area (Å²) in [6, 6.07) is 18.3. The first-order valence-corrected chi connectivity index (χ1v) is 9.57. The van der Waals surface area contributed by atoms with Gasteiger partial charge >= 0.3 is 0 Å². The first kappa shape index (κ1) is 17.4. The number of nitrogens with two attached hydrogens (primary N) is 1. The van der Waals surface area contributed by atoms with Crippen molar-refractivity contribution in [3.63, 3.8) is 0 Å². The zero-order valence-electron chi connectivity index (χ0n) is 15.4. The smallest absolute Gasteiger partial charge is 0.256 e. The van der Waals surface area contributed by atoms with Crippen LogP contribution in [0.4, 0.5) is 5.69 Å². The maximum Gasteiger partial charge on any atom is 0.256 e. The van der Waals surface area contributed by atoms with E-state index in [4.69, 9.17) is 5.73 Å². The van der Waals surface area contributed by atoms with Crippen molar-refractivity contribution in [3.05, 3.63) is 78.1 Å². The zero-order valence-corrected chi connectivity index (χ0v) is 15.4. The van der Waals surface area contributed by atoms with Crippen LogP contribution in [0, 0.1) is 5.92 Å². The van der Waals surface area contributed by atoms with Crippen LogP contribution >= 0.6 is 0 Å². The lowest BCUT2D eigenvalue weighted by atomic mass is 9.90. The van der Waals surface area contributed by atoms with Crippen LogP contribution in [-0.2, 0) is 6.42 Å². The quantitative estimate of drug-likeness (QED) is 0.680. The molecule has 2 heterocycles. The minimum absolute atomic E-state index is 0.0904. The Morgan fingerprint density at radius 3 is 2.41 bits per heavy atom. The van der Waals surface area contributed by atoms with E-state index in [9.17, 15) is 4.79 Å². The van der Waals surface area contributed by atoms with Crippen LogP contribution in [0.5, 0.6) is 0 Å². The van der Waals surface area contributed by atoms with Crippen LogP contribution in [0.2, 0.25) is 0 Å². The number of amides is 1. The van der Waals surface area contributed by atoms with Gasteiger partial charge in [0.15, 0.2) is 0 Å². The fraction of sp³-hybridized carbons (Fsp3) is 0.261. The normalized spacial score (nSPS) is 15.0. The predicted molar refractivity (Wildman–Crippen MR) is 109 cm³/mol. The van der Waals surface area contributed by atoms with Crippen molar-refractivity contribution in [2.75, 3.05) is 18.8 Å². The fourth-order valence-electron chi connectivity index (χ4n) is 3.96. The molecule has 1 aliphatic rings. The summed E-state index contributed by atoms with van der Waals surface area (Å²) in [6.45, 7) is 1.62. The van der Waals surface area contributed by atoms with E-state index < -0.39 is 0 Å². The van der Waals surface area contributed by atoms with Crippen molar-refractivity contribution < 1.29 is 4.79 Å². The topological polar surface area (TPSA) is 62.1 Å². The molecule has 138 valence electrons. The van der Waals surface area contributed by atoms with E-state index in [-0.39, 0.29) is 5.91 Å². The molecule has 0 saturated carbocycles. The molecule has 0 spiro atoms. The number of carbonyl (C=O) groups is 1. The highest BCUT2D eigenvalue weighted by Gasteiger charge is 2.26. The molecule has 2 aromatic carbocycles. The molecule has 4 heteroatoms. The van der Waals surface area contributed by atoms with Gasteiger partial charge in [-0.1, -0.05) is 48.5 Å². The Morgan fingerprint density at radius 2 is 1.67 bits per heavy atom. The Kier molecular flexibility index (Phi) is 4.97. The first-order chi connectivity index (χ1) is 13.2. The van der Waals surface area contributed by atoms with Crippen molar-refractivity contribution in [1.29, 1.82) is 0 Å². The van der Waals surface area contributed by atoms with Gasteiger partial charge in [0, 0.05) is 42.3 Å². The molecule has 3 N–H and O–H groups in total. The maximum absolute atomic E-state index is 13.1. The van der Waals surface area contributed by atoms with E-state index in [1.54, 1.807) is 6.20 Å². The third-order valence-electron chi connectivity index (χ3n) is 5.50. The minimum Gasteiger partial charge on any atom is -0.398 e. The number of H-pyrrole nitrogens is 1. The Hall–Kier alpha value is -3.01. The molecule has 0 radical (unpaired) electrons. The van der Waals surface area contributed by atoms with Gasteiger partial charge in [0.1, 0.15) is 0 Å². The fourth-order valence-corrected chi connectivity index (χ4v) is 3.96. The predicted octanol–water partition coefficient (Wildman–Crippen LogP) is 4.36. The first-order valence-electron chi connectivity index (χ1n) is 9.57. The largest absolute Gasteiger partial charge is 0.398 e. The summed E-state index contributed by atoms with van der Waals surface area (Å²) in [4.78, 5) is 18.2. The Labute approximate surface area is 160 Å². The molecule has 1 aliphatic heterocycles. The lowest BCUT2D eigenvalue weighted by Crippen LogP contribution is -2.39. The summed E-state index contributed by atoms with van der Waals surface area (Å²) in [7, 11) is 0. The van der Waals surface area contributed by atoms with Gasteiger partial charge in [-0.2, -0.15) is 0 Å². The van der Waals surface area contributed by atoms with Gasteiger partial charge in [-0.15, -0.1) is 0 Å². The van der Waals surface area contributed by atoms with Gasteiger partial charge < -0.3 is 15.6 Å². The van der Waals surface area contributed by atoms with Crippen molar-refractivity contribution in [3.8, 4) is 11.1 Å². The summed E-state index contributed by atoms with van der Waals surface area (Å²) in [5.41, 5.74) is 10.7. The maximum atomic E-state index is 13.1. The number of nitrogen functional groups attached to an aromatic ring is 1. The molecule has 0 atom stereocenters. The number of rotatable bonds is 4. The second kappa shape index (κ2) is 7.70. The summed E-state index contributed by atoms with van der Waals surface area (Å²) in [5, 5.41) is 0. The average molecular weight is 359 g/mol. The van der Waals surface area contributed by atoms with E-state index in [1.165, 1.54) is 5.56 Å². The summed E-state index contributed by atoms with van der Waals surface area (Å²) in [5.74, 6) is 0.736. The van der Waals surface area contributed by atoms with E-state index in [0.29, 0.717) is 17.2 Å². The summed E-state index contributed by atoms with van der Waals surface area (Å²) in [6.07, 6.45) is 6.85. The molecule has 0 unspecified atom stereocenters. The van der Waals surface area contributed by atoms with Crippen molar-refractivity contribution in [2.24, 2.45) is 5.92 Å². The number of benzene rings is 2. The molecule has 1 amide bonds. The molecule has 1 aromatic heterocycles. The average Bonchev–Trinajstić information content (AvgIpc) is 3.19. The number of para-hydroxylation sites is 1. The number of likely N-dealkylation sites (tertiary alicyclic amines) is 1. The second-order valence-electron chi connectivity index (χ2n) is 7.30. The number of hydrogen-bond acceptors (Lipinski definition) is 2. The number of carbonyl (C=O) groups excluding carboxylic acids is 1. The number of hydrogen-bond donors (Lipinski definition) is 2. The molecule has 1 fully saturated rings. The van der Waals surface area contributed by atoms with Gasteiger partial charge in [0.05, 0.1) is 5.56 Å². The zero-order chi connectivity index (χ0) is 18.6. The van der Waals surface area contributed by atoms with Gasteiger partial charge in [0.2, 0.25) is 0 Å². The van der Waals surface area contributed by atoms with E-state index in [0.717, 1.165) is 43.5 Å². The Bertz CT molecular complexity index is 908.